The summed E-state index contributed by atoms with van der Waals surface area (Å²) in [5.41, 5.74) is 3.14. The second-order valence-corrected chi connectivity index (χ2v) is 14.9. The van der Waals surface area contributed by atoms with E-state index in [1.165, 1.54) is 16.9 Å². The van der Waals surface area contributed by atoms with Gasteiger partial charge in [0.15, 0.2) is 10.9 Å². The van der Waals surface area contributed by atoms with E-state index < -0.39 is 49.2 Å². The van der Waals surface area contributed by atoms with Crippen LogP contribution in [0.2, 0.25) is 0 Å². The number of carbonyl (C=O) groups is 2. The van der Waals surface area contributed by atoms with Crippen molar-refractivity contribution in [1.29, 1.82) is 5.26 Å². The van der Waals surface area contributed by atoms with Gasteiger partial charge in [0, 0.05) is 23.0 Å². The maximum Gasteiger partial charge on any atom is 0.474 e. The van der Waals surface area contributed by atoms with Crippen molar-refractivity contribution in [2.45, 2.75) is 78.3 Å². The maximum atomic E-state index is 13.6. The van der Waals surface area contributed by atoms with Crippen molar-refractivity contribution in [3.63, 3.8) is 0 Å². The predicted molar refractivity (Wildman–Crippen MR) is 158 cm³/mol. The fourth-order valence-electron chi connectivity index (χ4n) is 4.11. The molecule has 4 N–H and O–H groups in total. The van der Waals surface area contributed by atoms with Gasteiger partial charge in [0.05, 0.1) is 25.5 Å². The van der Waals surface area contributed by atoms with E-state index in [1.807, 2.05) is 6.07 Å². The smallest absolute Gasteiger partial charge is 0.387 e. The van der Waals surface area contributed by atoms with Gasteiger partial charge in [0.1, 0.15) is 42.0 Å². The van der Waals surface area contributed by atoms with Gasteiger partial charge >= 0.3 is 7.82 Å². The first-order valence-electron chi connectivity index (χ1n) is 13.7. The zero-order chi connectivity index (χ0) is 32.2. The second-order valence-electron chi connectivity index (χ2n) is 12.2. The minimum atomic E-state index is -4.31. The minimum Gasteiger partial charge on any atom is -0.387 e. The normalized spacial score (nSPS) is 24.1. The van der Waals surface area contributed by atoms with E-state index in [0.29, 0.717) is 5.52 Å². The van der Waals surface area contributed by atoms with Crippen LogP contribution < -0.4 is 5.73 Å². The van der Waals surface area contributed by atoms with Gasteiger partial charge in [-0.2, -0.15) is 10.4 Å². The highest BCUT2D eigenvalue weighted by molar-refractivity contribution is 8.13. The number of nitrogen functional groups attached to an aromatic ring is 1. The Bertz CT molecular complexity index is 1360. The molecule has 3 heterocycles. The van der Waals surface area contributed by atoms with Crippen molar-refractivity contribution in [3.8, 4) is 6.07 Å². The van der Waals surface area contributed by atoms with Crippen LogP contribution in [0.5, 0.6) is 0 Å². The van der Waals surface area contributed by atoms with Crippen molar-refractivity contribution in [3.05, 3.63) is 24.2 Å². The monoisotopic (exact) mass is 641 g/mol. The first-order valence-corrected chi connectivity index (χ1v) is 16.2. The largest absolute Gasteiger partial charge is 0.474 e. The summed E-state index contributed by atoms with van der Waals surface area (Å²) in [4.78, 5) is 28.4. The molecular weight excluding hydrogens is 601 g/mol. The summed E-state index contributed by atoms with van der Waals surface area (Å²) in [6.45, 7) is 9.83. The SMILES string of the molecule is CC(C)(C)C(=O)CCCOP(=O)(OCCSC(=O)C(C)(C)C)OC[C@H]1O[C@@](C#N)(c2ccc3c(N)ncnn23)[C@H](O)[C@@H]1O. The van der Waals surface area contributed by atoms with Crippen LogP contribution in [-0.4, -0.2) is 79.6 Å². The van der Waals surface area contributed by atoms with Crippen LogP contribution in [0, 0.1) is 22.2 Å². The molecule has 0 aliphatic carbocycles. The summed E-state index contributed by atoms with van der Waals surface area (Å²) >= 11 is 1.01. The van der Waals surface area contributed by atoms with Gasteiger partial charge in [0.2, 0.25) is 5.60 Å². The molecule has 238 valence electrons. The molecular formula is C27H40N5O9PS. The van der Waals surface area contributed by atoms with Gasteiger partial charge in [-0.05, 0) is 18.6 Å². The number of nitriles is 1. The Kier molecular flexibility index (Phi) is 11.2. The molecule has 2 aromatic heterocycles. The Labute approximate surface area is 254 Å². The Hall–Kier alpha value is -2.41. The Morgan fingerprint density at radius 2 is 1.84 bits per heavy atom. The number of aromatic nitrogens is 3. The zero-order valence-corrected chi connectivity index (χ0v) is 26.9. The fraction of sp³-hybridized carbons (Fsp3) is 0.667. The van der Waals surface area contributed by atoms with E-state index in [-0.39, 0.29) is 54.2 Å². The molecule has 1 fully saturated rings. The van der Waals surface area contributed by atoms with Gasteiger partial charge in [-0.1, -0.05) is 53.3 Å². The number of nitrogens with zero attached hydrogens (tertiary/aromatic N) is 4. The third-order valence-corrected chi connectivity index (χ3v) is 9.40. The minimum absolute atomic E-state index is 0.000830. The number of rotatable bonds is 13. The van der Waals surface area contributed by atoms with Gasteiger partial charge in [0.25, 0.3) is 0 Å². The number of hydrogen-bond acceptors (Lipinski definition) is 14. The fourth-order valence-corrected chi connectivity index (χ4v) is 6.24. The Balaban J connectivity index is 1.72. The molecule has 1 unspecified atom stereocenters. The summed E-state index contributed by atoms with van der Waals surface area (Å²) in [6, 6.07) is 4.93. The van der Waals surface area contributed by atoms with E-state index in [0.717, 1.165) is 11.8 Å². The second kappa shape index (κ2) is 13.7. The molecule has 0 saturated carbocycles. The number of fused-ring (bicyclic) bond motifs is 1. The van der Waals surface area contributed by atoms with Gasteiger partial charge in [-0.3, -0.25) is 23.2 Å². The van der Waals surface area contributed by atoms with Crippen molar-refractivity contribution in [1.82, 2.24) is 14.6 Å². The average molecular weight is 642 g/mol. The van der Waals surface area contributed by atoms with E-state index >= 15 is 0 Å². The third-order valence-electron chi connectivity index (χ3n) is 6.70. The van der Waals surface area contributed by atoms with Crippen LogP contribution in [-0.2, 0) is 38.1 Å². The first-order chi connectivity index (χ1) is 19.9. The van der Waals surface area contributed by atoms with Crippen molar-refractivity contribution in [2.24, 2.45) is 10.8 Å². The number of hydrogen-bond donors (Lipinski definition) is 3. The van der Waals surface area contributed by atoms with Crippen molar-refractivity contribution >= 4 is 41.8 Å². The van der Waals surface area contributed by atoms with E-state index in [4.69, 9.17) is 24.0 Å². The number of ketones is 1. The number of nitrogens with two attached hydrogens (primary N) is 1. The molecule has 3 rings (SSSR count). The van der Waals surface area contributed by atoms with Crippen LogP contribution in [0.25, 0.3) is 5.52 Å². The van der Waals surface area contributed by atoms with E-state index in [1.54, 1.807) is 47.6 Å². The molecule has 0 radical (unpaired) electrons. The number of aliphatic hydroxyl groups excluding tert-OH is 2. The molecule has 1 aliphatic heterocycles. The molecule has 14 nitrogen and oxygen atoms in total. The lowest BCUT2D eigenvalue weighted by molar-refractivity contribution is -0.126. The number of carbonyl (C=O) groups excluding carboxylic acids is 2. The first kappa shape index (κ1) is 35.1. The lowest BCUT2D eigenvalue weighted by Crippen LogP contribution is -2.41. The van der Waals surface area contributed by atoms with Crippen LogP contribution in [0.3, 0.4) is 0 Å². The molecule has 0 bridgehead atoms. The number of phosphoric ester groups is 1. The van der Waals surface area contributed by atoms with Crippen molar-refractivity contribution in [2.75, 3.05) is 31.3 Å². The van der Waals surface area contributed by atoms with Crippen molar-refractivity contribution < 1.29 is 42.7 Å². The zero-order valence-electron chi connectivity index (χ0n) is 25.2. The summed E-state index contributed by atoms with van der Waals surface area (Å²) in [7, 11) is -4.31. The number of thioether (sulfide) groups is 1. The topological polar surface area (TPSA) is 209 Å². The van der Waals surface area contributed by atoms with Crippen LogP contribution in [0.15, 0.2) is 18.5 Å². The molecule has 0 aromatic carbocycles. The van der Waals surface area contributed by atoms with Crippen LogP contribution in [0.4, 0.5) is 5.82 Å². The lowest BCUT2D eigenvalue weighted by Gasteiger charge is -2.24. The summed E-state index contributed by atoms with van der Waals surface area (Å²) in [6.07, 6.45) is -3.12. The van der Waals surface area contributed by atoms with Crippen LogP contribution >= 0.6 is 19.6 Å². The lowest BCUT2D eigenvalue weighted by atomic mass is 9.88. The summed E-state index contributed by atoms with van der Waals surface area (Å²) < 4.78 is 37.2. The molecule has 1 aliphatic rings. The number of anilines is 1. The standard InChI is InChI=1S/C27H40N5O9PS/c1-25(2,3)20(33)8-7-11-38-42(37,39-12-13-43-24(36)26(4,5)6)40-14-18-21(34)22(35)27(15-28,41-18)19-10-9-17-23(29)30-16-31-32(17)19/h9-10,16,18,21-22,34-35H,7-8,11-14H2,1-6H3,(H2,29,30,31)/t18-,21-,22-,27+,42?/m1/s1. The number of ether oxygens (including phenoxy) is 1. The van der Waals surface area contributed by atoms with Gasteiger partial charge in [-0.15, -0.1) is 0 Å². The quantitative estimate of drug-likeness (QED) is 0.212. The molecule has 43 heavy (non-hydrogen) atoms. The molecule has 0 spiro atoms. The van der Waals surface area contributed by atoms with Crippen LogP contribution in [0.1, 0.15) is 60.1 Å². The van der Waals surface area contributed by atoms with Gasteiger partial charge < -0.3 is 20.7 Å². The number of aliphatic hydroxyl groups is 2. The third kappa shape index (κ3) is 8.20. The number of phosphoric acid groups is 1. The Morgan fingerprint density at radius 1 is 1.16 bits per heavy atom. The highest BCUT2D eigenvalue weighted by Crippen LogP contribution is 2.51. The maximum absolute atomic E-state index is 13.6. The number of Topliss-reactive ketones (excluding diaryl/α,β-unsaturated/α-hetero) is 1. The van der Waals surface area contributed by atoms with Gasteiger partial charge in [-0.25, -0.2) is 14.1 Å². The Morgan fingerprint density at radius 3 is 2.47 bits per heavy atom. The molecule has 2 aromatic rings. The molecule has 16 heteroatoms. The average Bonchev–Trinajstić information content (AvgIpc) is 3.47. The van der Waals surface area contributed by atoms with E-state index in [2.05, 4.69) is 10.1 Å². The summed E-state index contributed by atoms with van der Waals surface area (Å²) in [5, 5.41) is 35.9. The molecule has 5 atom stereocenters. The summed E-state index contributed by atoms with van der Waals surface area (Å²) in [5.74, 6) is 0.295. The highest BCUT2D eigenvalue weighted by Gasteiger charge is 2.58. The molecule has 0 amide bonds. The van der Waals surface area contributed by atoms with E-state index in [9.17, 15) is 29.6 Å². The molecule has 1 saturated heterocycles. The highest BCUT2D eigenvalue weighted by atomic mass is 32.2. The predicted octanol–water partition coefficient (Wildman–Crippen LogP) is 3.01.